The number of hydrogen-bond donors (Lipinski definition) is 0. The van der Waals surface area contributed by atoms with Gasteiger partial charge in [-0.3, -0.25) is 0 Å². The molecule has 0 radical (unpaired) electrons. The molecule has 5 heteroatoms. The Morgan fingerprint density at radius 1 is 0.762 bits per heavy atom. The van der Waals surface area contributed by atoms with E-state index in [1.807, 2.05) is 24.5 Å². The average Bonchev–Trinajstić information content (AvgIpc) is 2.47. The number of rotatable bonds is 14. The maximum Gasteiger partial charge on any atom is 0.352 e. The highest BCUT2D eigenvalue weighted by atomic mass is 28.5. The zero-order valence-electron chi connectivity index (χ0n) is 14.5. The van der Waals surface area contributed by atoms with Crippen LogP contribution >= 0.6 is 0 Å². The van der Waals surface area contributed by atoms with Gasteiger partial charge in [0.1, 0.15) is 0 Å². The first-order valence-corrected chi connectivity index (χ1v) is 13.0. The maximum absolute atomic E-state index is 6.27. The summed E-state index contributed by atoms with van der Waals surface area (Å²) < 4.78 is 18.3. The molecule has 0 amide bonds. The predicted octanol–water partition coefficient (Wildman–Crippen LogP) is 5.01. The molecule has 0 aromatic rings. The van der Waals surface area contributed by atoms with Crippen molar-refractivity contribution in [1.29, 1.82) is 0 Å². The lowest BCUT2D eigenvalue weighted by atomic mass is 10.2. The Labute approximate surface area is 133 Å². The molecular formula is C16H34O3Si2. The van der Waals surface area contributed by atoms with Crippen LogP contribution in [0.4, 0.5) is 0 Å². The van der Waals surface area contributed by atoms with E-state index in [1.165, 1.54) is 19.3 Å². The average molecular weight is 331 g/mol. The summed E-state index contributed by atoms with van der Waals surface area (Å²) in [7, 11) is -4.73. The van der Waals surface area contributed by atoms with Crippen molar-refractivity contribution in [3.05, 3.63) is 24.6 Å². The summed E-state index contributed by atoms with van der Waals surface area (Å²) in [5.41, 5.74) is 3.70. The molecule has 0 rings (SSSR count). The normalized spacial score (nSPS) is 17.0. The molecule has 0 N–H and O–H groups in total. The summed E-state index contributed by atoms with van der Waals surface area (Å²) in [5.74, 6) is 0. The van der Waals surface area contributed by atoms with Crippen LogP contribution in [-0.2, 0) is 13.0 Å². The second-order valence-corrected chi connectivity index (χ2v) is 11.9. The molecule has 0 aromatic carbocycles. The van der Waals surface area contributed by atoms with Crippen LogP contribution in [-0.4, -0.2) is 30.3 Å². The van der Waals surface area contributed by atoms with Crippen molar-refractivity contribution in [2.75, 3.05) is 13.2 Å². The van der Waals surface area contributed by atoms with Gasteiger partial charge in [-0.1, -0.05) is 50.9 Å². The summed E-state index contributed by atoms with van der Waals surface area (Å²) in [6, 6.07) is 0. The van der Waals surface area contributed by atoms with E-state index in [0.29, 0.717) is 0 Å². The fourth-order valence-electron chi connectivity index (χ4n) is 1.89. The summed E-state index contributed by atoms with van der Waals surface area (Å²) in [4.78, 5) is 0. The first-order valence-electron chi connectivity index (χ1n) is 8.20. The highest BCUT2D eigenvalue weighted by Gasteiger charge is 2.39. The molecule has 2 unspecified atom stereocenters. The van der Waals surface area contributed by atoms with Gasteiger partial charge in [0, 0.05) is 13.2 Å². The van der Waals surface area contributed by atoms with Gasteiger partial charge < -0.3 is 13.0 Å². The molecule has 21 heavy (non-hydrogen) atoms. The minimum absolute atomic E-state index is 0.726. The van der Waals surface area contributed by atoms with E-state index in [9.17, 15) is 0 Å². The SMILES string of the molecule is C=C[Si](C)(OCCCC)O[Si](C)(C=C)OCCCCCC. The highest BCUT2D eigenvalue weighted by molar-refractivity contribution is 6.84. The highest BCUT2D eigenvalue weighted by Crippen LogP contribution is 2.20. The number of hydrogen-bond acceptors (Lipinski definition) is 3. The quantitative estimate of drug-likeness (QED) is 0.331. The fourth-order valence-corrected chi connectivity index (χ4v) is 7.58. The second kappa shape index (κ2) is 11.4. The largest absolute Gasteiger partial charge is 0.409 e. The molecule has 0 aliphatic carbocycles. The Bertz CT molecular complexity index is 299. The van der Waals surface area contributed by atoms with E-state index in [1.54, 1.807) is 0 Å². The maximum atomic E-state index is 6.27. The molecule has 3 nitrogen and oxygen atoms in total. The van der Waals surface area contributed by atoms with Crippen LogP contribution in [0.25, 0.3) is 0 Å². The van der Waals surface area contributed by atoms with Crippen LogP contribution in [0.5, 0.6) is 0 Å². The molecule has 124 valence electrons. The number of unbranched alkanes of at least 4 members (excludes halogenated alkanes) is 4. The van der Waals surface area contributed by atoms with Crippen LogP contribution in [0, 0.1) is 0 Å². The molecule has 0 saturated carbocycles. The summed E-state index contributed by atoms with van der Waals surface area (Å²) >= 11 is 0. The van der Waals surface area contributed by atoms with Crippen LogP contribution < -0.4 is 0 Å². The van der Waals surface area contributed by atoms with Gasteiger partial charge in [0.15, 0.2) is 0 Å². The molecule has 0 saturated heterocycles. The second-order valence-electron chi connectivity index (χ2n) is 5.65. The minimum Gasteiger partial charge on any atom is -0.409 e. The van der Waals surface area contributed by atoms with Crippen LogP contribution in [0.15, 0.2) is 24.6 Å². The molecular weight excluding hydrogens is 296 g/mol. The Hall–Kier alpha value is -0.206. The Morgan fingerprint density at radius 2 is 1.24 bits per heavy atom. The van der Waals surface area contributed by atoms with Gasteiger partial charge in [-0.15, -0.1) is 13.2 Å². The molecule has 2 atom stereocenters. The van der Waals surface area contributed by atoms with Gasteiger partial charge in [-0.05, 0) is 25.9 Å². The molecule has 0 aromatic heterocycles. The monoisotopic (exact) mass is 330 g/mol. The van der Waals surface area contributed by atoms with Gasteiger partial charge >= 0.3 is 17.1 Å². The Balaban J connectivity index is 4.39. The first-order chi connectivity index (χ1) is 9.95. The van der Waals surface area contributed by atoms with Crippen molar-refractivity contribution >= 4 is 17.1 Å². The van der Waals surface area contributed by atoms with E-state index in [4.69, 9.17) is 13.0 Å². The Morgan fingerprint density at radius 3 is 1.67 bits per heavy atom. The molecule has 0 aliphatic rings. The molecule has 0 bridgehead atoms. The zero-order valence-corrected chi connectivity index (χ0v) is 16.5. The van der Waals surface area contributed by atoms with Crippen molar-refractivity contribution in [3.63, 3.8) is 0 Å². The van der Waals surface area contributed by atoms with Crippen molar-refractivity contribution in [3.8, 4) is 0 Å². The third kappa shape index (κ3) is 9.42. The predicted molar refractivity (Wildman–Crippen MR) is 95.7 cm³/mol. The first kappa shape index (κ1) is 20.8. The summed E-state index contributed by atoms with van der Waals surface area (Å²) in [6.07, 6.45) is 6.95. The van der Waals surface area contributed by atoms with E-state index in [2.05, 4.69) is 27.0 Å². The molecule has 0 fully saturated rings. The smallest absolute Gasteiger partial charge is 0.352 e. The van der Waals surface area contributed by atoms with Crippen molar-refractivity contribution in [2.24, 2.45) is 0 Å². The van der Waals surface area contributed by atoms with Crippen LogP contribution in [0.3, 0.4) is 0 Å². The summed E-state index contributed by atoms with van der Waals surface area (Å²) in [6.45, 7) is 17.7. The van der Waals surface area contributed by atoms with E-state index >= 15 is 0 Å². The lowest BCUT2D eigenvalue weighted by molar-refractivity contribution is 0.197. The summed E-state index contributed by atoms with van der Waals surface area (Å²) in [5, 5.41) is 0. The third-order valence-electron chi connectivity index (χ3n) is 3.42. The van der Waals surface area contributed by atoms with E-state index in [-0.39, 0.29) is 0 Å². The Kier molecular flexibility index (Phi) is 11.3. The standard InChI is InChI=1S/C16H34O3Si2/c1-7-11-13-14-16-18-21(6,10-4)19-20(5,9-3)17-15-12-8-2/h9-10H,3-4,7-8,11-16H2,1-2,5-6H3. The van der Waals surface area contributed by atoms with Crippen molar-refractivity contribution in [1.82, 2.24) is 0 Å². The van der Waals surface area contributed by atoms with E-state index < -0.39 is 17.1 Å². The minimum atomic E-state index is -2.37. The van der Waals surface area contributed by atoms with Gasteiger partial charge in [0.05, 0.1) is 0 Å². The zero-order chi connectivity index (χ0) is 16.2. The van der Waals surface area contributed by atoms with Crippen molar-refractivity contribution < 1.29 is 13.0 Å². The van der Waals surface area contributed by atoms with Gasteiger partial charge in [-0.2, -0.15) is 0 Å². The molecule has 0 spiro atoms. The lowest BCUT2D eigenvalue weighted by Crippen LogP contribution is -2.50. The van der Waals surface area contributed by atoms with E-state index in [0.717, 1.165) is 32.5 Å². The van der Waals surface area contributed by atoms with Crippen molar-refractivity contribution in [2.45, 2.75) is 65.5 Å². The molecule has 0 heterocycles. The fraction of sp³-hybridized carbons (Fsp3) is 0.750. The van der Waals surface area contributed by atoms with Crippen LogP contribution in [0.2, 0.25) is 13.1 Å². The topological polar surface area (TPSA) is 27.7 Å². The molecule has 0 aliphatic heterocycles. The van der Waals surface area contributed by atoms with Gasteiger partial charge in [0.2, 0.25) is 0 Å². The third-order valence-corrected chi connectivity index (χ3v) is 9.70. The lowest BCUT2D eigenvalue weighted by Gasteiger charge is -2.33. The van der Waals surface area contributed by atoms with Crippen LogP contribution in [0.1, 0.15) is 52.4 Å². The van der Waals surface area contributed by atoms with Gasteiger partial charge in [-0.25, -0.2) is 0 Å². The van der Waals surface area contributed by atoms with Gasteiger partial charge in [0.25, 0.3) is 0 Å².